The molecule has 0 spiro atoms. The molecule has 0 saturated heterocycles. The van der Waals surface area contributed by atoms with Crippen molar-refractivity contribution in [2.45, 2.75) is 367 Å². The first-order valence-electron chi connectivity index (χ1n) is 37.9. The number of aliphatic hydroxyl groups excluding tert-OH is 1. The lowest BCUT2D eigenvalue weighted by Crippen LogP contribution is -2.30. The van der Waals surface area contributed by atoms with Crippen LogP contribution in [0.5, 0.6) is 0 Å². The molecule has 0 aromatic rings. The highest BCUT2D eigenvalue weighted by Gasteiger charge is 2.30. The molecule has 0 heterocycles. The van der Waals surface area contributed by atoms with Gasteiger partial charge in [0, 0.05) is 25.7 Å². The Balaban J connectivity index is 5.32. The SMILES string of the molecule is CCCCC/C=C\C/C=C\CCCCCCCC(=O)OC[C@H](COP(=O)(O)OC[C@H](O)COP(=O)(O)OC[C@@H](COC(=O)CCCCCCC/C=C\CCCCCC)OC(=O)CCCCCCC/C=C\CCCCCC)OC(=O)CCCCCCCCCCCCCCC. The maximum atomic E-state index is 13.1. The van der Waals surface area contributed by atoms with E-state index < -0.39 is 97.5 Å². The van der Waals surface area contributed by atoms with Crippen molar-refractivity contribution in [2.75, 3.05) is 39.6 Å². The normalized spacial score (nSPS) is 14.2. The van der Waals surface area contributed by atoms with Crippen molar-refractivity contribution in [3.05, 3.63) is 48.6 Å². The van der Waals surface area contributed by atoms with Gasteiger partial charge in [0.2, 0.25) is 0 Å². The maximum absolute atomic E-state index is 13.1. The van der Waals surface area contributed by atoms with E-state index in [1.54, 1.807) is 0 Å². The number of hydrogen-bond donors (Lipinski definition) is 3. The Morgan fingerprint density at radius 2 is 0.521 bits per heavy atom. The fourth-order valence-electron chi connectivity index (χ4n) is 10.4. The minimum absolute atomic E-state index is 0.0880. The van der Waals surface area contributed by atoms with Crippen molar-refractivity contribution >= 4 is 39.5 Å². The second-order valence-corrected chi connectivity index (χ2v) is 28.5. The molecule has 0 aromatic carbocycles. The van der Waals surface area contributed by atoms with Crippen molar-refractivity contribution in [3.8, 4) is 0 Å². The summed E-state index contributed by atoms with van der Waals surface area (Å²) in [6, 6.07) is 0. The predicted octanol–water partition coefficient (Wildman–Crippen LogP) is 21.3. The fourth-order valence-corrected chi connectivity index (χ4v) is 12.0. The first-order valence-corrected chi connectivity index (χ1v) is 40.9. The molecule has 94 heavy (non-hydrogen) atoms. The van der Waals surface area contributed by atoms with Crippen LogP contribution < -0.4 is 0 Å². The first kappa shape index (κ1) is 91.0. The Labute approximate surface area is 572 Å². The molecule has 550 valence electrons. The third-order valence-corrected chi connectivity index (χ3v) is 18.2. The quantitative estimate of drug-likeness (QED) is 0.0169. The van der Waals surface area contributed by atoms with Crippen LogP contribution in [0.4, 0.5) is 0 Å². The van der Waals surface area contributed by atoms with Gasteiger partial charge in [0.1, 0.15) is 19.3 Å². The zero-order valence-corrected chi connectivity index (χ0v) is 61.7. The Bertz CT molecular complexity index is 1980. The highest BCUT2D eigenvalue weighted by molar-refractivity contribution is 7.47. The zero-order chi connectivity index (χ0) is 69.0. The van der Waals surface area contributed by atoms with Gasteiger partial charge in [0.15, 0.2) is 12.2 Å². The Kier molecular flexibility index (Phi) is 66.4. The Hall–Kier alpha value is -2.98. The molecule has 0 saturated carbocycles. The molecule has 0 aliphatic heterocycles. The number of unbranched alkanes of at least 4 members (excludes halogenated alkanes) is 38. The number of hydrogen-bond acceptors (Lipinski definition) is 15. The number of ether oxygens (including phenoxy) is 4. The maximum Gasteiger partial charge on any atom is 0.472 e. The third-order valence-electron chi connectivity index (χ3n) is 16.3. The molecule has 0 fully saturated rings. The average molecular weight is 1370 g/mol. The van der Waals surface area contributed by atoms with Crippen LogP contribution in [-0.4, -0.2) is 96.7 Å². The van der Waals surface area contributed by atoms with Crippen LogP contribution >= 0.6 is 15.6 Å². The van der Waals surface area contributed by atoms with Crippen LogP contribution in [-0.2, 0) is 65.4 Å². The predicted molar refractivity (Wildman–Crippen MR) is 381 cm³/mol. The molecule has 0 rings (SSSR count). The second-order valence-electron chi connectivity index (χ2n) is 25.6. The van der Waals surface area contributed by atoms with Gasteiger partial charge >= 0.3 is 39.5 Å². The van der Waals surface area contributed by atoms with Gasteiger partial charge in [0.05, 0.1) is 26.4 Å². The van der Waals surface area contributed by atoms with E-state index >= 15 is 0 Å². The summed E-state index contributed by atoms with van der Waals surface area (Å²) < 4.78 is 68.4. The summed E-state index contributed by atoms with van der Waals surface area (Å²) in [6.07, 6.45) is 63.8. The van der Waals surface area contributed by atoms with Crippen molar-refractivity contribution in [1.29, 1.82) is 0 Å². The summed E-state index contributed by atoms with van der Waals surface area (Å²) in [7, 11) is -9.93. The van der Waals surface area contributed by atoms with E-state index in [1.807, 2.05) is 0 Å². The molecule has 2 unspecified atom stereocenters. The molecule has 0 radical (unpaired) electrons. The third kappa shape index (κ3) is 67.6. The van der Waals surface area contributed by atoms with E-state index in [9.17, 15) is 43.2 Å². The molecule has 19 heteroatoms. The summed E-state index contributed by atoms with van der Waals surface area (Å²) in [5, 5.41) is 10.6. The van der Waals surface area contributed by atoms with Crippen molar-refractivity contribution in [1.82, 2.24) is 0 Å². The van der Waals surface area contributed by atoms with Crippen molar-refractivity contribution < 1.29 is 80.2 Å². The Morgan fingerprint density at radius 3 is 0.830 bits per heavy atom. The van der Waals surface area contributed by atoms with Gasteiger partial charge in [-0.1, -0.05) is 263 Å². The van der Waals surface area contributed by atoms with E-state index in [-0.39, 0.29) is 25.7 Å². The summed E-state index contributed by atoms with van der Waals surface area (Å²) in [5.74, 6) is -2.18. The van der Waals surface area contributed by atoms with Gasteiger partial charge < -0.3 is 33.8 Å². The van der Waals surface area contributed by atoms with Crippen LogP contribution in [0.1, 0.15) is 349 Å². The summed E-state index contributed by atoms with van der Waals surface area (Å²) in [4.78, 5) is 72.7. The molecule has 0 aliphatic carbocycles. The highest BCUT2D eigenvalue weighted by Crippen LogP contribution is 2.45. The number of rotatable bonds is 72. The lowest BCUT2D eigenvalue weighted by molar-refractivity contribution is -0.161. The number of phosphoric acid groups is 2. The molecule has 5 atom stereocenters. The average Bonchev–Trinajstić information content (AvgIpc) is 1.67. The number of carbonyl (C=O) groups is 4. The van der Waals surface area contributed by atoms with Crippen LogP contribution in [0.3, 0.4) is 0 Å². The number of phosphoric ester groups is 2. The molecular weight excluding hydrogens is 1230 g/mol. The van der Waals surface area contributed by atoms with Crippen molar-refractivity contribution in [2.24, 2.45) is 0 Å². The lowest BCUT2D eigenvalue weighted by Gasteiger charge is -2.21. The molecule has 0 amide bonds. The highest BCUT2D eigenvalue weighted by atomic mass is 31.2. The minimum Gasteiger partial charge on any atom is -0.462 e. The topological polar surface area (TPSA) is 237 Å². The van der Waals surface area contributed by atoms with E-state index in [4.69, 9.17) is 37.0 Å². The van der Waals surface area contributed by atoms with Gasteiger partial charge in [-0.15, -0.1) is 0 Å². The van der Waals surface area contributed by atoms with Crippen LogP contribution in [0, 0.1) is 0 Å². The lowest BCUT2D eigenvalue weighted by atomic mass is 10.0. The van der Waals surface area contributed by atoms with Gasteiger partial charge in [-0.25, -0.2) is 9.13 Å². The molecule has 0 aliphatic rings. The van der Waals surface area contributed by atoms with Crippen molar-refractivity contribution in [3.63, 3.8) is 0 Å². The second kappa shape index (κ2) is 68.5. The zero-order valence-electron chi connectivity index (χ0n) is 59.9. The molecule has 0 aromatic heterocycles. The molecule has 3 N–H and O–H groups in total. The van der Waals surface area contributed by atoms with E-state index in [0.717, 1.165) is 148 Å². The largest absolute Gasteiger partial charge is 0.472 e. The standard InChI is InChI=1S/C75H138O17P2/c1-5-9-13-17-21-25-29-33-34-38-40-44-48-52-56-60-73(78)86-66-71(92-75(80)62-58-54-50-46-42-37-32-28-24-20-16-12-8-4)68-90-94(83,84)88-64-69(76)63-87-93(81,82)89-67-70(91-74(79)61-57-53-49-45-41-36-31-27-23-19-15-11-7-3)65-85-72(77)59-55-51-47-43-39-35-30-26-22-18-14-10-6-2/h21,25-27,30-31,33-34,69-71,76H,5-20,22-24,28-29,32,35-68H2,1-4H3,(H,81,82)(H,83,84)/b25-21-,30-26-,31-27-,34-33-/t69-,70-,71-/m1/s1. The van der Waals surface area contributed by atoms with Gasteiger partial charge in [-0.3, -0.25) is 37.3 Å². The Morgan fingerprint density at radius 1 is 0.298 bits per heavy atom. The van der Waals surface area contributed by atoms with Gasteiger partial charge in [-0.05, 0) is 109 Å². The minimum atomic E-state index is -4.97. The monoisotopic (exact) mass is 1370 g/mol. The smallest absolute Gasteiger partial charge is 0.462 e. The van der Waals surface area contributed by atoms with Crippen LogP contribution in [0.25, 0.3) is 0 Å². The number of allylic oxidation sites excluding steroid dienone is 8. The first-order chi connectivity index (χ1) is 45.7. The van der Waals surface area contributed by atoms with E-state index in [1.165, 1.54) is 122 Å². The van der Waals surface area contributed by atoms with Crippen LogP contribution in [0.2, 0.25) is 0 Å². The number of esters is 4. The summed E-state index contributed by atoms with van der Waals surface area (Å²) in [6.45, 7) is 4.83. The van der Waals surface area contributed by atoms with Gasteiger partial charge in [0.25, 0.3) is 0 Å². The summed E-state index contributed by atoms with van der Waals surface area (Å²) in [5.41, 5.74) is 0. The fraction of sp³-hybridized carbons (Fsp3) is 0.840. The van der Waals surface area contributed by atoms with E-state index in [0.29, 0.717) is 25.7 Å². The summed E-state index contributed by atoms with van der Waals surface area (Å²) >= 11 is 0. The molecule has 0 bridgehead atoms. The molecular formula is C75H138O17P2. The number of aliphatic hydroxyl groups is 1. The number of carbonyl (C=O) groups excluding carboxylic acids is 4. The van der Waals surface area contributed by atoms with E-state index in [2.05, 4.69) is 76.3 Å². The van der Waals surface area contributed by atoms with Gasteiger partial charge in [-0.2, -0.15) is 0 Å². The molecule has 17 nitrogen and oxygen atoms in total. The van der Waals surface area contributed by atoms with Crippen LogP contribution in [0.15, 0.2) is 48.6 Å².